The summed E-state index contributed by atoms with van der Waals surface area (Å²) in [5.74, 6) is 1.34. The molecule has 2 heterocycles. The monoisotopic (exact) mass is 605 g/mol. The number of carbonyl (C=O) groups excluding carboxylic acids is 2. The Morgan fingerprint density at radius 2 is 1.89 bits per heavy atom. The highest BCUT2D eigenvalue weighted by Crippen LogP contribution is 2.46. The van der Waals surface area contributed by atoms with E-state index in [1.165, 1.54) is 62.8 Å². The number of H-pyrrole nitrogens is 1. The second-order valence-corrected chi connectivity index (χ2v) is 12.7. The van der Waals surface area contributed by atoms with Gasteiger partial charge in [0, 0.05) is 38.7 Å². The van der Waals surface area contributed by atoms with Gasteiger partial charge in [-0.3, -0.25) is 9.59 Å². The standard InChI is InChI=1S/C36H51N3O5/c1-4-26(9-12-32(44-25(2)40)21-31(41)11-8-27-10-13-33(42)34(19-27)43-3)18-28-23-38-24-29(28)22-36(15-6-5-7-16-36)30-14-17-39-35(37)20-30/h10,13-14,19-20,23-24,26,32,38-39,42H,4-9,11-12,15-18,21-22,37H2,1-3H3. The zero-order chi connectivity index (χ0) is 31.5. The first-order valence-electron chi connectivity index (χ1n) is 16.3. The number of ether oxygens (including phenoxy) is 2. The summed E-state index contributed by atoms with van der Waals surface area (Å²) >= 11 is 0. The number of methoxy groups -OCH3 is 1. The van der Waals surface area contributed by atoms with E-state index in [0.717, 1.165) is 43.6 Å². The van der Waals surface area contributed by atoms with Crippen molar-refractivity contribution in [2.75, 3.05) is 13.7 Å². The highest BCUT2D eigenvalue weighted by atomic mass is 16.5. The summed E-state index contributed by atoms with van der Waals surface area (Å²) in [6.07, 6.45) is 20.1. The number of allylic oxidation sites excluding steroid dienone is 2. The maximum absolute atomic E-state index is 12.9. The van der Waals surface area contributed by atoms with Crippen LogP contribution in [-0.2, 0) is 33.6 Å². The first kappa shape index (κ1) is 33.2. The van der Waals surface area contributed by atoms with Crippen LogP contribution in [0.25, 0.3) is 0 Å². The lowest BCUT2D eigenvalue weighted by molar-refractivity contribution is -0.148. The van der Waals surface area contributed by atoms with Crippen molar-refractivity contribution in [2.45, 2.75) is 103 Å². The van der Waals surface area contributed by atoms with Gasteiger partial charge in [0.2, 0.25) is 0 Å². The number of carbonyl (C=O) groups is 2. The number of aromatic hydroxyl groups is 1. The van der Waals surface area contributed by atoms with Crippen molar-refractivity contribution in [3.8, 4) is 11.5 Å². The number of ketones is 1. The van der Waals surface area contributed by atoms with Crippen LogP contribution in [0.5, 0.6) is 11.5 Å². The highest BCUT2D eigenvalue weighted by molar-refractivity contribution is 5.79. The Kier molecular flexibility index (Phi) is 12.0. The third kappa shape index (κ3) is 9.16. The number of phenols is 1. The summed E-state index contributed by atoms with van der Waals surface area (Å²) in [6.45, 7) is 4.41. The molecule has 8 nitrogen and oxygen atoms in total. The molecule has 8 heteroatoms. The average molecular weight is 606 g/mol. The number of nitrogens with one attached hydrogen (secondary N) is 2. The number of Topliss-reactive ketones (excluding diaryl/α,β-unsaturated/α-hetero) is 1. The SMILES string of the molecule is CCC(CCC(CC(=O)CCc1ccc(O)c(OC)c1)OC(C)=O)Cc1c[nH]cc1CC1(C2=CCNC(N)=C2)CCCCC1. The number of esters is 1. The van der Waals surface area contributed by atoms with Gasteiger partial charge in [0.15, 0.2) is 11.5 Å². The molecule has 0 spiro atoms. The van der Waals surface area contributed by atoms with Crippen molar-refractivity contribution < 1.29 is 24.2 Å². The van der Waals surface area contributed by atoms with Crippen LogP contribution >= 0.6 is 0 Å². The van der Waals surface area contributed by atoms with Gasteiger partial charge in [-0.2, -0.15) is 0 Å². The van der Waals surface area contributed by atoms with Crippen LogP contribution in [-0.4, -0.2) is 41.6 Å². The minimum Gasteiger partial charge on any atom is -0.504 e. The summed E-state index contributed by atoms with van der Waals surface area (Å²) in [5, 5.41) is 13.1. The van der Waals surface area contributed by atoms with E-state index in [-0.39, 0.29) is 29.3 Å². The molecule has 1 aliphatic carbocycles. The molecule has 1 aromatic carbocycles. The normalized spacial score (nSPS) is 17.5. The Balaban J connectivity index is 1.36. The van der Waals surface area contributed by atoms with Gasteiger partial charge in [0.05, 0.1) is 12.9 Å². The van der Waals surface area contributed by atoms with E-state index < -0.39 is 6.10 Å². The minimum atomic E-state index is -0.427. The summed E-state index contributed by atoms with van der Waals surface area (Å²) in [4.78, 5) is 28.2. The van der Waals surface area contributed by atoms with Crippen molar-refractivity contribution in [2.24, 2.45) is 17.1 Å². The van der Waals surface area contributed by atoms with E-state index in [1.807, 2.05) is 0 Å². The lowest BCUT2D eigenvalue weighted by atomic mass is 9.65. The number of aromatic amines is 1. The molecule has 44 heavy (non-hydrogen) atoms. The summed E-state index contributed by atoms with van der Waals surface area (Å²) in [7, 11) is 1.50. The molecule has 2 aromatic rings. The molecule has 1 aromatic heterocycles. The molecule has 1 aliphatic heterocycles. The van der Waals surface area contributed by atoms with Crippen molar-refractivity contribution in [1.82, 2.24) is 10.3 Å². The first-order valence-corrected chi connectivity index (χ1v) is 16.3. The smallest absolute Gasteiger partial charge is 0.302 e. The molecule has 1 fully saturated rings. The number of hydrogen-bond acceptors (Lipinski definition) is 7. The largest absolute Gasteiger partial charge is 0.504 e. The Morgan fingerprint density at radius 1 is 1.11 bits per heavy atom. The van der Waals surface area contributed by atoms with E-state index in [2.05, 4.69) is 41.8 Å². The van der Waals surface area contributed by atoms with E-state index in [4.69, 9.17) is 15.2 Å². The number of aromatic nitrogens is 1. The molecular formula is C36H51N3O5. The second kappa shape index (κ2) is 15.9. The lowest BCUT2D eigenvalue weighted by Crippen LogP contribution is -2.33. The van der Waals surface area contributed by atoms with E-state index in [9.17, 15) is 14.7 Å². The summed E-state index contributed by atoms with van der Waals surface area (Å²) < 4.78 is 10.8. The average Bonchev–Trinajstić information content (AvgIpc) is 3.44. The zero-order valence-electron chi connectivity index (χ0n) is 26.8. The number of phenolic OH excluding ortho intramolecular Hbond substituents is 1. The summed E-state index contributed by atoms with van der Waals surface area (Å²) in [6, 6.07) is 5.12. The molecule has 5 N–H and O–H groups in total. The van der Waals surface area contributed by atoms with Gasteiger partial charge in [-0.1, -0.05) is 44.7 Å². The van der Waals surface area contributed by atoms with Crippen LogP contribution in [0.15, 0.2) is 54.1 Å². The molecule has 0 bridgehead atoms. The molecule has 240 valence electrons. The molecule has 2 aliphatic rings. The molecule has 0 amide bonds. The first-order chi connectivity index (χ1) is 21.2. The molecule has 2 unspecified atom stereocenters. The van der Waals surface area contributed by atoms with Crippen molar-refractivity contribution in [1.29, 1.82) is 0 Å². The van der Waals surface area contributed by atoms with Gasteiger partial charge in [-0.25, -0.2) is 0 Å². The van der Waals surface area contributed by atoms with Crippen LogP contribution in [0.2, 0.25) is 0 Å². The number of aryl methyl sites for hydroxylation is 1. The Hall–Kier alpha value is -3.68. The minimum absolute atomic E-state index is 0.0592. The number of hydrogen-bond donors (Lipinski definition) is 4. The van der Waals surface area contributed by atoms with E-state index >= 15 is 0 Å². The van der Waals surface area contributed by atoms with Gasteiger partial charge in [-0.15, -0.1) is 0 Å². The third-order valence-corrected chi connectivity index (χ3v) is 9.53. The van der Waals surface area contributed by atoms with E-state index in [1.54, 1.807) is 18.2 Å². The van der Waals surface area contributed by atoms with Crippen LogP contribution in [0, 0.1) is 11.3 Å². The fourth-order valence-corrected chi connectivity index (χ4v) is 7.01. The van der Waals surface area contributed by atoms with Crippen LogP contribution in [0.3, 0.4) is 0 Å². The second-order valence-electron chi connectivity index (χ2n) is 12.7. The Bertz CT molecular complexity index is 1320. The van der Waals surface area contributed by atoms with Crippen molar-refractivity contribution in [3.05, 3.63) is 70.8 Å². The van der Waals surface area contributed by atoms with Gasteiger partial charge in [0.1, 0.15) is 11.9 Å². The fraction of sp³-hybridized carbons (Fsp3) is 0.556. The number of rotatable bonds is 16. The number of nitrogens with two attached hydrogens (primary N) is 1. The van der Waals surface area contributed by atoms with Crippen LogP contribution < -0.4 is 15.8 Å². The molecule has 1 saturated carbocycles. The van der Waals surface area contributed by atoms with Gasteiger partial charge < -0.3 is 30.6 Å². The zero-order valence-corrected chi connectivity index (χ0v) is 26.8. The predicted molar refractivity (Wildman–Crippen MR) is 173 cm³/mol. The number of dihydropyridines is 1. The lowest BCUT2D eigenvalue weighted by Gasteiger charge is -2.40. The highest BCUT2D eigenvalue weighted by Gasteiger charge is 2.36. The van der Waals surface area contributed by atoms with Crippen LogP contribution in [0.4, 0.5) is 0 Å². The van der Waals surface area contributed by atoms with Gasteiger partial charge in [-0.05, 0) is 96.8 Å². The van der Waals surface area contributed by atoms with Gasteiger partial charge >= 0.3 is 5.97 Å². The molecular weight excluding hydrogens is 554 g/mol. The molecule has 0 saturated heterocycles. The Morgan fingerprint density at radius 3 is 2.59 bits per heavy atom. The van der Waals surface area contributed by atoms with Crippen molar-refractivity contribution >= 4 is 11.8 Å². The number of benzene rings is 1. The molecule has 2 atom stereocenters. The fourth-order valence-electron chi connectivity index (χ4n) is 7.01. The Labute approximate surface area is 262 Å². The maximum atomic E-state index is 12.9. The van der Waals surface area contributed by atoms with Crippen LogP contribution in [0.1, 0.15) is 94.7 Å². The topological polar surface area (TPSA) is 127 Å². The van der Waals surface area contributed by atoms with Crippen molar-refractivity contribution in [3.63, 3.8) is 0 Å². The van der Waals surface area contributed by atoms with E-state index in [0.29, 0.717) is 30.9 Å². The summed E-state index contributed by atoms with van der Waals surface area (Å²) in [5.41, 5.74) is 11.3. The molecule has 4 rings (SSSR count). The molecule has 0 radical (unpaired) electrons. The van der Waals surface area contributed by atoms with Gasteiger partial charge in [0.25, 0.3) is 0 Å². The maximum Gasteiger partial charge on any atom is 0.302 e. The quantitative estimate of drug-likeness (QED) is 0.163. The predicted octanol–water partition coefficient (Wildman–Crippen LogP) is 6.42. The third-order valence-electron chi connectivity index (χ3n) is 9.53.